The lowest BCUT2D eigenvalue weighted by Gasteiger charge is -2.26. The summed E-state index contributed by atoms with van der Waals surface area (Å²) in [6.45, 7) is 2.98. The van der Waals surface area contributed by atoms with Gasteiger partial charge in [-0.3, -0.25) is 4.90 Å². The number of aromatic nitrogens is 1. The topological polar surface area (TPSA) is 45.6 Å². The Morgan fingerprint density at radius 1 is 1.09 bits per heavy atom. The van der Waals surface area contributed by atoms with Crippen molar-refractivity contribution in [2.45, 2.75) is 19.3 Å². The normalized spacial score (nSPS) is 17.2. The zero-order valence-corrected chi connectivity index (χ0v) is 18.6. The maximum atomic E-state index is 10.4. The van der Waals surface area contributed by atoms with Crippen LogP contribution >= 0.6 is 11.6 Å². The first-order chi connectivity index (χ1) is 15.7. The predicted octanol–water partition coefficient (Wildman–Crippen LogP) is 6.35. The lowest BCUT2D eigenvalue weighted by Crippen LogP contribution is -2.29. The SMILES string of the molecule is Oc1cccc2c1CC(=CCCN1CC=C(c3ccc(Cl)cc3)CC1)c1cccnc1O2. The van der Waals surface area contributed by atoms with Crippen LogP contribution in [0.1, 0.15) is 29.5 Å². The number of halogens is 1. The minimum Gasteiger partial charge on any atom is -0.508 e. The Labute approximate surface area is 193 Å². The molecule has 0 saturated heterocycles. The van der Waals surface area contributed by atoms with Gasteiger partial charge >= 0.3 is 0 Å². The van der Waals surface area contributed by atoms with E-state index in [9.17, 15) is 5.11 Å². The summed E-state index contributed by atoms with van der Waals surface area (Å²) in [5.41, 5.74) is 5.60. The highest BCUT2D eigenvalue weighted by atomic mass is 35.5. The highest BCUT2D eigenvalue weighted by Gasteiger charge is 2.21. The maximum absolute atomic E-state index is 10.4. The van der Waals surface area contributed by atoms with Crippen LogP contribution in [0.15, 0.2) is 72.9 Å². The van der Waals surface area contributed by atoms with Crippen molar-refractivity contribution >= 4 is 22.7 Å². The molecular formula is C27H25ClN2O2. The molecular weight excluding hydrogens is 420 g/mol. The number of fused-ring (bicyclic) bond motifs is 2. The Bertz CT molecular complexity index is 1180. The first-order valence-corrected chi connectivity index (χ1v) is 11.4. The number of allylic oxidation sites excluding steroid dienone is 1. The van der Waals surface area contributed by atoms with E-state index in [4.69, 9.17) is 16.3 Å². The van der Waals surface area contributed by atoms with E-state index in [2.05, 4.69) is 34.2 Å². The number of benzene rings is 2. The summed E-state index contributed by atoms with van der Waals surface area (Å²) < 4.78 is 6.03. The summed E-state index contributed by atoms with van der Waals surface area (Å²) >= 11 is 6.01. The average molecular weight is 445 g/mol. The third kappa shape index (κ3) is 4.43. The molecule has 4 nitrogen and oxygen atoms in total. The molecule has 0 spiro atoms. The standard InChI is InChI=1S/C27H25ClN2O2/c28-22-10-8-19(9-11-22)20-12-16-30(17-13-20)15-3-4-21-18-24-25(31)6-1-7-26(24)32-27-23(21)5-2-14-29-27/h1-2,4-12,14,31H,3,13,15-18H2. The van der Waals surface area contributed by atoms with Gasteiger partial charge in [0.1, 0.15) is 11.5 Å². The van der Waals surface area contributed by atoms with E-state index in [-0.39, 0.29) is 5.75 Å². The minimum absolute atomic E-state index is 0.261. The third-order valence-corrected chi connectivity index (χ3v) is 6.40. The van der Waals surface area contributed by atoms with Gasteiger partial charge in [0.05, 0.1) is 0 Å². The van der Waals surface area contributed by atoms with Crippen LogP contribution in [-0.4, -0.2) is 34.6 Å². The van der Waals surface area contributed by atoms with Crippen LogP contribution in [0.25, 0.3) is 11.1 Å². The van der Waals surface area contributed by atoms with Crippen molar-refractivity contribution in [1.29, 1.82) is 0 Å². The van der Waals surface area contributed by atoms with Crippen LogP contribution in [0.2, 0.25) is 5.02 Å². The molecule has 0 atom stereocenters. The van der Waals surface area contributed by atoms with Crippen molar-refractivity contribution < 1.29 is 9.84 Å². The number of ether oxygens (including phenoxy) is 1. The molecule has 2 aromatic carbocycles. The quantitative estimate of drug-likeness (QED) is 0.509. The molecule has 2 aliphatic heterocycles. The Morgan fingerprint density at radius 2 is 1.97 bits per heavy atom. The summed E-state index contributed by atoms with van der Waals surface area (Å²) in [4.78, 5) is 6.90. The van der Waals surface area contributed by atoms with Gasteiger partial charge in [-0.05, 0) is 65.9 Å². The molecule has 0 radical (unpaired) electrons. The van der Waals surface area contributed by atoms with E-state index in [1.165, 1.54) is 11.1 Å². The molecule has 0 bridgehead atoms. The predicted molar refractivity (Wildman–Crippen MR) is 129 cm³/mol. The Morgan fingerprint density at radius 3 is 2.78 bits per heavy atom. The molecule has 0 aliphatic carbocycles. The number of hydrogen-bond acceptors (Lipinski definition) is 4. The minimum atomic E-state index is 0.261. The molecule has 3 aromatic rings. The molecule has 0 amide bonds. The van der Waals surface area contributed by atoms with Crippen LogP contribution in [0.4, 0.5) is 0 Å². The van der Waals surface area contributed by atoms with Gasteiger partial charge in [-0.1, -0.05) is 42.0 Å². The van der Waals surface area contributed by atoms with E-state index < -0.39 is 0 Å². The Kier molecular flexibility index (Phi) is 5.97. The van der Waals surface area contributed by atoms with Crippen LogP contribution in [0, 0.1) is 0 Å². The molecule has 3 heterocycles. The summed E-state index contributed by atoms with van der Waals surface area (Å²) in [6.07, 6.45) is 8.93. The number of phenols is 1. The molecule has 5 rings (SSSR count). The van der Waals surface area contributed by atoms with Gasteiger partial charge < -0.3 is 9.84 Å². The number of phenolic OH excluding ortho intramolecular Hbond substituents is 1. The van der Waals surface area contributed by atoms with Gasteiger partial charge in [0.2, 0.25) is 5.88 Å². The maximum Gasteiger partial charge on any atom is 0.226 e. The number of hydrogen-bond donors (Lipinski definition) is 1. The van der Waals surface area contributed by atoms with E-state index in [1.54, 1.807) is 18.3 Å². The molecule has 0 fully saturated rings. The molecule has 0 unspecified atom stereocenters. The van der Waals surface area contributed by atoms with Gasteiger partial charge in [-0.15, -0.1) is 0 Å². The van der Waals surface area contributed by atoms with Crippen LogP contribution < -0.4 is 4.74 Å². The van der Waals surface area contributed by atoms with Crippen molar-refractivity contribution in [2.75, 3.05) is 19.6 Å². The summed E-state index contributed by atoms with van der Waals surface area (Å²) in [7, 11) is 0. The van der Waals surface area contributed by atoms with Gasteiger partial charge in [0, 0.05) is 48.4 Å². The van der Waals surface area contributed by atoms with Crippen LogP contribution in [-0.2, 0) is 6.42 Å². The van der Waals surface area contributed by atoms with Crippen molar-refractivity contribution in [3.05, 3.63) is 94.7 Å². The first kappa shape index (κ1) is 20.8. The fourth-order valence-electron chi connectivity index (χ4n) is 4.38. The lowest BCUT2D eigenvalue weighted by molar-refractivity contribution is 0.308. The van der Waals surface area contributed by atoms with Gasteiger partial charge in [-0.25, -0.2) is 4.98 Å². The largest absolute Gasteiger partial charge is 0.508 e. The Hall–Kier alpha value is -3.08. The second-order valence-corrected chi connectivity index (χ2v) is 8.63. The van der Waals surface area contributed by atoms with Crippen molar-refractivity contribution in [3.8, 4) is 17.4 Å². The average Bonchev–Trinajstić information content (AvgIpc) is 2.98. The summed E-state index contributed by atoms with van der Waals surface area (Å²) in [5.74, 6) is 1.53. The number of aromatic hydroxyl groups is 1. The second-order valence-electron chi connectivity index (χ2n) is 8.19. The zero-order chi connectivity index (χ0) is 21.9. The van der Waals surface area contributed by atoms with Crippen LogP contribution in [0.3, 0.4) is 0 Å². The number of nitrogens with zero attached hydrogens (tertiary/aromatic N) is 2. The van der Waals surface area contributed by atoms with Crippen LogP contribution in [0.5, 0.6) is 17.4 Å². The molecule has 1 N–H and O–H groups in total. The number of rotatable bonds is 4. The van der Waals surface area contributed by atoms with Crippen molar-refractivity contribution in [2.24, 2.45) is 0 Å². The van der Waals surface area contributed by atoms with E-state index in [1.807, 2.05) is 30.3 Å². The molecule has 5 heteroatoms. The van der Waals surface area contributed by atoms with E-state index in [0.717, 1.165) is 54.2 Å². The fourth-order valence-corrected chi connectivity index (χ4v) is 4.50. The second kappa shape index (κ2) is 9.19. The smallest absolute Gasteiger partial charge is 0.226 e. The van der Waals surface area contributed by atoms with Crippen molar-refractivity contribution in [3.63, 3.8) is 0 Å². The molecule has 1 aromatic heterocycles. The first-order valence-electron chi connectivity index (χ1n) is 11.0. The fraction of sp³-hybridized carbons (Fsp3) is 0.222. The van der Waals surface area contributed by atoms with E-state index in [0.29, 0.717) is 18.1 Å². The monoisotopic (exact) mass is 444 g/mol. The summed E-state index contributed by atoms with van der Waals surface area (Å²) in [5, 5.41) is 11.2. The van der Waals surface area contributed by atoms with Gasteiger partial charge in [-0.2, -0.15) is 0 Å². The highest BCUT2D eigenvalue weighted by molar-refractivity contribution is 6.30. The summed E-state index contributed by atoms with van der Waals surface area (Å²) in [6, 6.07) is 17.5. The molecule has 162 valence electrons. The zero-order valence-electron chi connectivity index (χ0n) is 17.8. The molecule has 2 aliphatic rings. The molecule has 0 saturated carbocycles. The van der Waals surface area contributed by atoms with Crippen molar-refractivity contribution in [1.82, 2.24) is 9.88 Å². The van der Waals surface area contributed by atoms with Gasteiger partial charge in [0.15, 0.2) is 0 Å². The highest BCUT2D eigenvalue weighted by Crippen LogP contribution is 2.41. The third-order valence-electron chi connectivity index (χ3n) is 6.14. The van der Waals surface area contributed by atoms with Gasteiger partial charge in [0.25, 0.3) is 0 Å². The molecule has 32 heavy (non-hydrogen) atoms. The Balaban J connectivity index is 1.29. The number of pyridine rings is 1. The lowest BCUT2D eigenvalue weighted by atomic mass is 9.97. The van der Waals surface area contributed by atoms with E-state index >= 15 is 0 Å².